The minimum atomic E-state index is -0.180. The lowest BCUT2D eigenvalue weighted by molar-refractivity contribution is -0.118. The molecule has 2 N–H and O–H groups in total. The van der Waals surface area contributed by atoms with E-state index in [-0.39, 0.29) is 12.5 Å². The predicted octanol–water partition coefficient (Wildman–Crippen LogP) is 3.60. The summed E-state index contributed by atoms with van der Waals surface area (Å²) in [6.07, 6.45) is 2.56. The number of amides is 1. The topological polar surface area (TPSA) is 59.6 Å². The van der Waals surface area contributed by atoms with Gasteiger partial charge in [0.2, 0.25) is 0 Å². The predicted molar refractivity (Wildman–Crippen MR) is 99.2 cm³/mol. The zero-order valence-corrected chi connectivity index (χ0v) is 14.5. The van der Waals surface area contributed by atoms with Gasteiger partial charge in [-0.15, -0.1) is 0 Å². The van der Waals surface area contributed by atoms with E-state index in [1.54, 1.807) is 0 Å². The fourth-order valence-corrected chi connectivity index (χ4v) is 2.69. The molecule has 1 aliphatic heterocycles. The summed E-state index contributed by atoms with van der Waals surface area (Å²) >= 11 is 0. The summed E-state index contributed by atoms with van der Waals surface area (Å²) in [5.41, 5.74) is 2.93. The van der Waals surface area contributed by atoms with Crippen molar-refractivity contribution in [3.05, 3.63) is 54.1 Å². The zero-order valence-electron chi connectivity index (χ0n) is 14.5. The van der Waals surface area contributed by atoms with Crippen LogP contribution < -0.4 is 15.4 Å². The van der Waals surface area contributed by atoms with Crippen molar-refractivity contribution in [1.82, 2.24) is 0 Å². The average molecular weight is 340 g/mol. The van der Waals surface area contributed by atoms with E-state index in [0.29, 0.717) is 11.9 Å². The Hall–Kier alpha value is -2.53. The maximum atomic E-state index is 12.0. The Morgan fingerprint density at radius 2 is 1.84 bits per heavy atom. The monoisotopic (exact) mass is 340 g/mol. The van der Waals surface area contributed by atoms with Crippen molar-refractivity contribution in [2.45, 2.75) is 25.9 Å². The Bertz CT molecular complexity index is 677. The van der Waals surface area contributed by atoms with Crippen LogP contribution in [0, 0.1) is 6.92 Å². The number of hydrogen-bond acceptors (Lipinski definition) is 4. The van der Waals surface area contributed by atoms with Crippen molar-refractivity contribution < 1.29 is 14.3 Å². The van der Waals surface area contributed by atoms with Crippen molar-refractivity contribution in [2.75, 3.05) is 30.4 Å². The lowest BCUT2D eigenvalue weighted by Crippen LogP contribution is -2.20. The van der Waals surface area contributed by atoms with Crippen LogP contribution in [0.5, 0.6) is 5.75 Å². The second-order valence-corrected chi connectivity index (χ2v) is 6.24. The summed E-state index contributed by atoms with van der Waals surface area (Å²) in [4.78, 5) is 12.0. The standard InChI is InChI=1S/C20H24N2O3/c1-15-4-10-18(11-5-15)25-14-20(23)22-17-8-6-16(7-9-17)21-13-19-3-2-12-24-19/h4-11,19,21H,2-3,12-14H2,1H3,(H,22,23). The fraction of sp³-hybridized carbons (Fsp3) is 0.350. The van der Waals surface area contributed by atoms with Gasteiger partial charge in [0, 0.05) is 24.5 Å². The third-order valence-corrected chi connectivity index (χ3v) is 4.12. The number of hydrogen-bond donors (Lipinski definition) is 2. The first-order chi connectivity index (χ1) is 12.2. The van der Waals surface area contributed by atoms with Crippen molar-refractivity contribution in [3.63, 3.8) is 0 Å². The van der Waals surface area contributed by atoms with Gasteiger partial charge in [-0.2, -0.15) is 0 Å². The third kappa shape index (κ3) is 5.50. The Morgan fingerprint density at radius 3 is 2.52 bits per heavy atom. The molecule has 1 fully saturated rings. The van der Waals surface area contributed by atoms with E-state index in [0.717, 1.165) is 42.9 Å². The molecule has 132 valence electrons. The fourth-order valence-electron chi connectivity index (χ4n) is 2.69. The first kappa shape index (κ1) is 17.3. The number of rotatable bonds is 7. The van der Waals surface area contributed by atoms with Gasteiger partial charge in [-0.05, 0) is 56.2 Å². The molecule has 1 saturated heterocycles. The highest BCUT2D eigenvalue weighted by atomic mass is 16.5. The maximum Gasteiger partial charge on any atom is 0.262 e. The molecule has 1 atom stereocenters. The van der Waals surface area contributed by atoms with Crippen molar-refractivity contribution in [3.8, 4) is 5.75 Å². The van der Waals surface area contributed by atoms with Gasteiger partial charge >= 0.3 is 0 Å². The molecular weight excluding hydrogens is 316 g/mol. The van der Waals surface area contributed by atoms with Gasteiger partial charge < -0.3 is 20.1 Å². The highest BCUT2D eigenvalue weighted by molar-refractivity contribution is 5.92. The van der Waals surface area contributed by atoms with Gasteiger partial charge in [-0.1, -0.05) is 17.7 Å². The minimum absolute atomic E-state index is 0.0118. The number of anilines is 2. The highest BCUT2D eigenvalue weighted by Gasteiger charge is 2.14. The molecular formula is C20H24N2O3. The van der Waals surface area contributed by atoms with Crippen LogP contribution in [-0.4, -0.2) is 31.8 Å². The Labute approximate surface area is 148 Å². The van der Waals surface area contributed by atoms with Gasteiger partial charge in [0.15, 0.2) is 6.61 Å². The van der Waals surface area contributed by atoms with E-state index in [4.69, 9.17) is 9.47 Å². The molecule has 1 unspecified atom stereocenters. The Morgan fingerprint density at radius 1 is 1.12 bits per heavy atom. The van der Waals surface area contributed by atoms with Crippen LogP contribution >= 0.6 is 0 Å². The quantitative estimate of drug-likeness (QED) is 0.808. The molecule has 3 rings (SSSR count). The molecule has 25 heavy (non-hydrogen) atoms. The molecule has 2 aromatic carbocycles. The minimum Gasteiger partial charge on any atom is -0.484 e. The normalized spacial score (nSPS) is 16.4. The molecule has 5 nitrogen and oxygen atoms in total. The molecule has 1 aliphatic rings. The number of aryl methyl sites for hydroxylation is 1. The maximum absolute atomic E-state index is 12.0. The molecule has 2 aromatic rings. The van der Waals surface area contributed by atoms with Crippen molar-refractivity contribution in [1.29, 1.82) is 0 Å². The first-order valence-electron chi connectivity index (χ1n) is 8.64. The molecule has 0 aromatic heterocycles. The zero-order chi connectivity index (χ0) is 17.5. The summed E-state index contributed by atoms with van der Waals surface area (Å²) in [5, 5.41) is 6.19. The summed E-state index contributed by atoms with van der Waals surface area (Å²) in [7, 11) is 0. The lowest BCUT2D eigenvalue weighted by Gasteiger charge is -2.12. The number of ether oxygens (including phenoxy) is 2. The van der Waals surface area contributed by atoms with Crippen LogP contribution in [0.1, 0.15) is 18.4 Å². The van der Waals surface area contributed by atoms with E-state index in [1.807, 2.05) is 55.5 Å². The van der Waals surface area contributed by atoms with E-state index in [2.05, 4.69) is 10.6 Å². The second kappa shape index (κ2) is 8.53. The second-order valence-electron chi connectivity index (χ2n) is 6.24. The smallest absolute Gasteiger partial charge is 0.262 e. The van der Waals surface area contributed by atoms with Crippen LogP contribution in [0.2, 0.25) is 0 Å². The largest absolute Gasteiger partial charge is 0.484 e. The SMILES string of the molecule is Cc1ccc(OCC(=O)Nc2ccc(NCC3CCCO3)cc2)cc1. The summed E-state index contributed by atoms with van der Waals surface area (Å²) < 4.78 is 11.1. The molecule has 5 heteroatoms. The van der Waals surface area contributed by atoms with Gasteiger partial charge in [-0.3, -0.25) is 4.79 Å². The van der Waals surface area contributed by atoms with E-state index >= 15 is 0 Å². The van der Waals surface area contributed by atoms with Crippen LogP contribution in [0.4, 0.5) is 11.4 Å². The number of nitrogens with one attached hydrogen (secondary N) is 2. The molecule has 1 heterocycles. The number of carbonyl (C=O) groups excluding carboxylic acids is 1. The van der Waals surface area contributed by atoms with E-state index in [1.165, 1.54) is 0 Å². The van der Waals surface area contributed by atoms with E-state index in [9.17, 15) is 4.79 Å². The Kier molecular flexibility index (Phi) is 5.90. The van der Waals surface area contributed by atoms with Gasteiger partial charge in [0.05, 0.1) is 6.10 Å². The molecule has 0 radical (unpaired) electrons. The van der Waals surface area contributed by atoms with Crippen molar-refractivity contribution >= 4 is 17.3 Å². The van der Waals surface area contributed by atoms with Gasteiger partial charge in [0.25, 0.3) is 5.91 Å². The van der Waals surface area contributed by atoms with Gasteiger partial charge in [-0.25, -0.2) is 0 Å². The third-order valence-electron chi connectivity index (χ3n) is 4.12. The van der Waals surface area contributed by atoms with Crippen LogP contribution in [0.15, 0.2) is 48.5 Å². The highest BCUT2D eigenvalue weighted by Crippen LogP contribution is 2.17. The molecule has 0 spiro atoms. The van der Waals surface area contributed by atoms with Crippen molar-refractivity contribution in [2.24, 2.45) is 0 Å². The summed E-state index contributed by atoms with van der Waals surface area (Å²) in [6.45, 7) is 3.68. The molecule has 0 aliphatic carbocycles. The van der Waals surface area contributed by atoms with E-state index < -0.39 is 0 Å². The molecule has 1 amide bonds. The average Bonchev–Trinajstić information content (AvgIpc) is 3.14. The van der Waals surface area contributed by atoms with Crippen LogP contribution in [0.3, 0.4) is 0 Å². The lowest BCUT2D eigenvalue weighted by atomic mass is 10.2. The molecule has 0 saturated carbocycles. The number of benzene rings is 2. The Balaban J connectivity index is 1.42. The first-order valence-corrected chi connectivity index (χ1v) is 8.64. The molecule has 0 bridgehead atoms. The van der Waals surface area contributed by atoms with Crippen LogP contribution in [0.25, 0.3) is 0 Å². The van der Waals surface area contributed by atoms with Gasteiger partial charge in [0.1, 0.15) is 5.75 Å². The van der Waals surface area contributed by atoms with Crippen LogP contribution in [-0.2, 0) is 9.53 Å². The number of carbonyl (C=O) groups is 1. The summed E-state index contributed by atoms with van der Waals surface area (Å²) in [6, 6.07) is 15.3. The summed E-state index contributed by atoms with van der Waals surface area (Å²) in [5.74, 6) is 0.509.